The molecule has 0 radical (unpaired) electrons. The van der Waals surface area contributed by atoms with E-state index in [2.05, 4.69) is 5.32 Å². The number of ether oxygens (including phenoxy) is 3. The highest BCUT2D eigenvalue weighted by molar-refractivity contribution is 7.21. The quantitative estimate of drug-likeness (QED) is 0.578. The predicted octanol–water partition coefficient (Wildman–Crippen LogP) is 4.05. The van der Waals surface area contributed by atoms with Crippen LogP contribution in [0.25, 0.3) is 10.1 Å². The fraction of sp³-hybridized carbons (Fsp3) is 0.227. The molecule has 1 aromatic heterocycles. The molecule has 4 rings (SSSR count). The van der Waals surface area contributed by atoms with E-state index in [0.717, 1.165) is 11.3 Å². The highest BCUT2D eigenvalue weighted by atomic mass is 32.1. The number of halogens is 1. The molecule has 7 nitrogen and oxygen atoms in total. The van der Waals surface area contributed by atoms with Crippen LogP contribution in [0.4, 0.5) is 10.1 Å². The minimum atomic E-state index is -1.05. The SMILES string of the molecule is CCOC(=O)c1sc2cccc(F)c2c1COC(=O)C[C@H]1Oc2ccccc2NC1=O. The van der Waals surface area contributed by atoms with E-state index in [4.69, 9.17) is 14.2 Å². The molecule has 0 saturated carbocycles. The molecule has 1 aliphatic rings. The first kappa shape index (κ1) is 20.8. The Bertz CT molecular complexity index is 1170. The Labute approximate surface area is 180 Å². The van der Waals surface area contributed by atoms with Gasteiger partial charge in [-0.15, -0.1) is 11.3 Å². The van der Waals surface area contributed by atoms with E-state index >= 15 is 0 Å². The van der Waals surface area contributed by atoms with Crippen molar-refractivity contribution in [1.29, 1.82) is 0 Å². The zero-order chi connectivity index (χ0) is 22.0. The smallest absolute Gasteiger partial charge is 0.348 e. The van der Waals surface area contributed by atoms with Gasteiger partial charge in [-0.2, -0.15) is 0 Å². The number of hydrogen-bond donors (Lipinski definition) is 1. The van der Waals surface area contributed by atoms with Gasteiger partial charge in [-0.25, -0.2) is 9.18 Å². The Hall–Kier alpha value is -3.46. The van der Waals surface area contributed by atoms with Crippen molar-refractivity contribution in [3.05, 3.63) is 58.7 Å². The minimum Gasteiger partial charge on any atom is -0.478 e. The number of anilines is 1. The van der Waals surface area contributed by atoms with Gasteiger partial charge in [-0.05, 0) is 31.2 Å². The van der Waals surface area contributed by atoms with Crippen molar-refractivity contribution in [3.63, 3.8) is 0 Å². The molecule has 31 heavy (non-hydrogen) atoms. The standard InChI is InChI=1S/C22H18FNO6S/c1-2-28-22(27)20-12(19-13(23)6-5-9-17(19)31-20)11-29-18(25)10-16-21(26)24-14-7-3-4-8-15(14)30-16/h3-9,16H,2,10-11H2,1H3,(H,24,26)/t16-/m1/s1. The predicted molar refractivity (Wildman–Crippen MR) is 112 cm³/mol. The fourth-order valence-corrected chi connectivity index (χ4v) is 4.37. The molecule has 1 aliphatic heterocycles. The summed E-state index contributed by atoms with van der Waals surface area (Å²) in [6, 6.07) is 11.4. The molecule has 0 aliphatic carbocycles. The van der Waals surface area contributed by atoms with E-state index in [9.17, 15) is 18.8 Å². The van der Waals surface area contributed by atoms with Gasteiger partial charge in [0.05, 0.1) is 18.7 Å². The van der Waals surface area contributed by atoms with Crippen LogP contribution < -0.4 is 10.1 Å². The number of esters is 2. The highest BCUT2D eigenvalue weighted by Crippen LogP contribution is 2.35. The van der Waals surface area contributed by atoms with Gasteiger partial charge in [0.15, 0.2) is 6.10 Å². The maximum Gasteiger partial charge on any atom is 0.348 e. The number of fused-ring (bicyclic) bond motifs is 2. The lowest BCUT2D eigenvalue weighted by Crippen LogP contribution is -2.38. The Morgan fingerprint density at radius 2 is 1.97 bits per heavy atom. The summed E-state index contributed by atoms with van der Waals surface area (Å²) in [4.78, 5) is 37.1. The second kappa shape index (κ2) is 8.73. The highest BCUT2D eigenvalue weighted by Gasteiger charge is 2.30. The lowest BCUT2D eigenvalue weighted by atomic mass is 10.1. The van der Waals surface area contributed by atoms with Gasteiger partial charge in [0.2, 0.25) is 0 Å². The van der Waals surface area contributed by atoms with Crippen molar-refractivity contribution in [1.82, 2.24) is 0 Å². The zero-order valence-electron chi connectivity index (χ0n) is 16.5. The Kier molecular flexibility index (Phi) is 5.85. The van der Waals surface area contributed by atoms with Gasteiger partial charge in [-0.1, -0.05) is 18.2 Å². The summed E-state index contributed by atoms with van der Waals surface area (Å²) in [6.45, 7) is 1.49. The van der Waals surface area contributed by atoms with Gasteiger partial charge in [0, 0.05) is 15.6 Å². The van der Waals surface area contributed by atoms with E-state index in [-0.39, 0.29) is 35.5 Å². The van der Waals surface area contributed by atoms with Crippen LogP contribution in [0.1, 0.15) is 28.6 Å². The molecule has 9 heteroatoms. The molecular weight excluding hydrogens is 425 g/mol. The maximum absolute atomic E-state index is 14.4. The third kappa shape index (κ3) is 4.22. The van der Waals surface area contributed by atoms with E-state index in [1.807, 2.05) is 0 Å². The molecule has 1 amide bonds. The summed E-state index contributed by atoms with van der Waals surface area (Å²) in [7, 11) is 0. The molecular formula is C22H18FNO6S. The van der Waals surface area contributed by atoms with Crippen LogP contribution in [-0.4, -0.2) is 30.6 Å². The maximum atomic E-state index is 14.4. The molecule has 0 spiro atoms. The Balaban J connectivity index is 1.50. The van der Waals surface area contributed by atoms with Gasteiger partial charge in [0.25, 0.3) is 5.91 Å². The summed E-state index contributed by atoms with van der Waals surface area (Å²) in [5.74, 6) is -1.86. The van der Waals surface area contributed by atoms with Crippen molar-refractivity contribution < 1.29 is 33.0 Å². The zero-order valence-corrected chi connectivity index (χ0v) is 17.3. The lowest BCUT2D eigenvalue weighted by molar-refractivity contribution is -0.149. The van der Waals surface area contributed by atoms with Crippen LogP contribution in [0.3, 0.4) is 0 Å². The molecule has 0 unspecified atom stereocenters. The molecule has 0 fully saturated rings. The molecule has 0 bridgehead atoms. The first-order valence-electron chi connectivity index (χ1n) is 9.57. The number of thiophene rings is 1. The molecule has 1 N–H and O–H groups in total. The number of carbonyl (C=O) groups is 3. The fourth-order valence-electron chi connectivity index (χ4n) is 3.26. The van der Waals surface area contributed by atoms with Gasteiger partial charge < -0.3 is 19.5 Å². The summed E-state index contributed by atoms with van der Waals surface area (Å²) in [5.41, 5.74) is 0.765. The number of benzene rings is 2. The van der Waals surface area contributed by atoms with Crippen LogP contribution >= 0.6 is 11.3 Å². The van der Waals surface area contributed by atoms with Crippen molar-refractivity contribution in [2.24, 2.45) is 0 Å². The van der Waals surface area contributed by atoms with Crippen molar-refractivity contribution in [2.75, 3.05) is 11.9 Å². The molecule has 2 aromatic carbocycles. The van der Waals surface area contributed by atoms with E-state index in [1.54, 1.807) is 37.3 Å². The summed E-state index contributed by atoms with van der Waals surface area (Å²) in [5, 5.41) is 2.89. The topological polar surface area (TPSA) is 90.9 Å². The van der Waals surface area contributed by atoms with E-state index < -0.39 is 29.8 Å². The molecule has 0 saturated heterocycles. The van der Waals surface area contributed by atoms with Crippen LogP contribution in [0.5, 0.6) is 5.75 Å². The molecule has 3 aromatic rings. The van der Waals surface area contributed by atoms with Crippen LogP contribution in [0.2, 0.25) is 0 Å². The molecule has 1 atom stereocenters. The molecule has 160 valence electrons. The average molecular weight is 443 g/mol. The summed E-state index contributed by atoms with van der Waals surface area (Å²) in [6.07, 6.45) is -1.39. The number of para-hydroxylation sites is 2. The third-order valence-corrected chi connectivity index (χ3v) is 5.84. The normalized spacial score (nSPS) is 15.0. The van der Waals surface area contributed by atoms with Crippen LogP contribution in [-0.2, 0) is 25.7 Å². The van der Waals surface area contributed by atoms with Crippen LogP contribution in [0.15, 0.2) is 42.5 Å². The first-order chi connectivity index (χ1) is 15.0. The Morgan fingerprint density at radius 3 is 2.77 bits per heavy atom. The summed E-state index contributed by atoms with van der Waals surface area (Å²) >= 11 is 1.07. The largest absolute Gasteiger partial charge is 0.478 e. The third-order valence-electron chi connectivity index (χ3n) is 4.66. The Morgan fingerprint density at radius 1 is 1.16 bits per heavy atom. The van der Waals surface area contributed by atoms with Crippen molar-refractivity contribution in [2.45, 2.75) is 26.1 Å². The monoisotopic (exact) mass is 443 g/mol. The number of rotatable bonds is 6. The second-order valence-electron chi connectivity index (χ2n) is 6.70. The summed E-state index contributed by atoms with van der Waals surface area (Å²) < 4.78 is 30.9. The van der Waals surface area contributed by atoms with Gasteiger partial charge in [-0.3, -0.25) is 9.59 Å². The minimum absolute atomic E-state index is 0.157. The second-order valence-corrected chi connectivity index (χ2v) is 7.75. The number of carbonyl (C=O) groups excluding carboxylic acids is 3. The van der Waals surface area contributed by atoms with Gasteiger partial charge >= 0.3 is 11.9 Å². The number of hydrogen-bond acceptors (Lipinski definition) is 7. The number of nitrogens with one attached hydrogen (secondary N) is 1. The van der Waals surface area contributed by atoms with E-state index in [1.165, 1.54) is 12.1 Å². The van der Waals surface area contributed by atoms with Gasteiger partial charge in [0.1, 0.15) is 23.1 Å². The molecule has 2 heterocycles. The van der Waals surface area contributed by atoms with Crippen molar-refractivity contribution in [3.8, 4) is 5.75 Å². The number of amides is 1. The first-order valence-corrected chi connectivity index (χ1v) is 10.4. The lowest BCUT2D eigenvalue weighted by Gasteiger charge is -2.25. The van der Waals surface area contributed by atoms with Crippen molar-refractivity contribution >= 4 is 45.0 Å². The van der Waals surface area contributed by atoms with Crippen LogP contribution in [0, 0.1) is 5.82 Å². The average Bonchev–Trinajstić information content (AvgIpc) is 3.13. The van der Waals surface area contributed by atoms with E-state index in [0.29, 0.717) is 16.1 Å².